The van der Waals surface area contributed by atoms with Crippen molar-refractivity contribution in [3.8, 4) is 0 Å². The van der Waals surface area contributed by atoms with Crippen molar-refractivity contribution in [3.63, 3.8) is 0 Å². The van der Waals surface area contributed by atoms with Crippen molar-refractivity contribution in [1.82, 2.24) is 10.0 Å². The molecule has 0 bridgehead atoms. The minimum absolute atomic E-state index is 0.0595. The number of aryl methyl sites for hydroxylation is 1. The first-order chi connectivity index (χ1) is 12.4. The van der Waals surface area contributed by atoms with Crippen LogP contribution in [0.15, 0.2) is 41.3 Å². The minimum atomic E-state index is -3.60. The second-order valence-corrected chi connectivity index (χ2v) is 9.35. The number of rotatable bonds is 7. The van der Waals surface area contributed by atoms with E-state index in [4.69, 9.17) is 4.74 Å². The Kier molecular flexibility index (Phi) is 6.08. The van der Waals surface area contributed by atoms with Crippen LogP contribution >= 0.6 is 11.3 Å². The van der Waals surface area contributed by atoms with Crippen LogP contribution in [-0.2, 0) is 21.3 Å². The molecule has 140 valence electrons. The molecule has 1 unspecified atom stereocenters. The molecule has 2 heterocycles. The molecule has 2 aromatic rings. The normalized spacial score (nSPS) is 17.3. The van der Waals surface area contributed by atoms with Crippen LogP contribution in [0.25, 0.3) is 0 Å². The highest BCUT2D eigenvalue weighted by molar-refractivity contribution is 7.89. The fourth-order valence-corrected chi connectivity index (χ4v) is 4.62. The Labute approximate surface area is 157 Å². The van der Waals surface area contributed by atoms with Crippen molar-refractivity contribution >= 4 is 27.3 Å². The fourth-order valence-electron chi connectivity index (χ4n) is 2.73. The zero-order valence-corrected chi connectivity index (χ0v) is 16.2. The lowest BCUT2D eigenvalue weighted by atomic mass is 10.2. The molecule has 1 aromatic heterocycles. The highest BCUT2D eigenvalue weighted by atomic mass is 32.2. The summed E-state index contributed by atoms with van der Waals surface area (Å²) in [5.74, 6) is -0.229. The summed E-state index contributed by atoms with van der Waals surface area (Å²) in [5.41, 5.74) is 0.427. The van der Waals surface area contributed by atoms with Crippen LogP contribution in [0.4, 0.5) is 0 Å². The van der Waals surface area contributed by atoms with Crippen LogP contribution in [-0.4, -0.2) is 33.6 Å². The molecule has 8 heteroatoms. The first-order valence-corrected chi connectivity index (χ1v) is 10.8. The number of hydrogen-bond donors (Lipinski definition) is 2. The maximum Gasteiger partial charge on any atom is 0.251 e. The molecule has 6 nitrogen and oxygen atoms in total. The van der Waals surface area contributed by atoms with Crippen LogP contribution in [0.2, 0.25) is 0 Å². The van der Waals surface area contributed by atoms with E-state index in [1.165, 1.54) is 29.1 Å². The minimum Gasteiger partial charge on any atom is -0.377 e. The lowest BCUT2D eigenvalue weighted by Crippen LogP contribution is -2.31. The predicted molar refractivity (Wildman–Crippen MR) is 101 cm³/mol. The zero-order chi connectivity index (χ0) is 18.6. The zero-order valence-electron chi connectivity index (χ0n) is 14.5. The lowest BCUT2D eigenvalue weighted by Gasteiger charge is -2.11. The van der Waals surface area contributed by atoms with Gasteiger partial charge in [-0.25, -0.2) is 13.1 Å². The Morgan fingerprint density at radius 1 is 1.23 bits per heavy atom. The molecule has 3 rings (SSSR count). The van der Waals surface area contributed by atoms with Crippen LogP contribution in [0.5, 0.6) is 0 Å². The Hall–Kier alpha value is -1.74. The van der Waals surface area contributed by atoms with Gasteiger partial charge >= 0.3 is 0 Å². The molecule has 0 radical (unpaired) electrons. The van der Waals surface area contributed by atoms with Crippen molar-refractivity contribution in [3.05, 3.63) is 51.7 Å². The number of ether oxygens (including phenoxy) is 1. The standard InChI is InChI=1S/C18H22N2O4S2/c1-13-4-7-16(25-13)12-19-18(21)14-5-8-17(9-6-14)26(22,23)20-11-15-3-2-10-24-15/h4-9,15,20H,2-3,10-12H2,1H3,(H,19,21). The fraction of sp³-hybridized carbons (Fsp3) is 0.389. The van der Waals surface area contributed by atoms with E-state index < -0.39 is 10.0 Å². The van der Waals surface area contributed by atoms with E-state index in [1.807, 2.05) is 19.1 Å². The molecule has 2 N–H and O–H groups in total. The summed E-state index contributed by atoms with van der Waals surface area (Å²) in [6.07, 6.45) is 1.77. The molecule has 1 saturated heterocycles. The average molecular weight is 395 g/mol. The Morgan fingerprint density at radius 2 is 2.00 bits per heavy atom. The number of hydrogen-bond acceptors (Lipinski definition) is 5. The molecular weight excluding hydrogens is 372 g/mol. The third-order valence-electron chi connectivity index (χ3n) is 4.17. The van der Waals surface area contributed by atoms with Gasteiger partial charge in [0.1, 0.15) is 0 Å². The topological polar surface area (TPSA) is 84.5 Å². The molecule has 1 aliphatic rings. The van der Waals surface area contributed by atoms with Gasteiger partial charge in [0.25, 0.3) is 5.91 Å². The highest BCUT2D eigenvalue weighted by Gasteiger charge is 2.20. The smallest absolute Gasteiger partial charge is 0.251 e. The number of benzene rings is 1. The molecule has 0 saturated carbocycles. The second-order valence-electron chi connectivity index (χ2n) is 6.21. The van der Waals surface area contributed by atoms with E-state index in [0.29, 0.717) is 18.7 Å². The molecule has 1 amide bonds. The van der Waals surface area contributed by atoms with Gasteiger partial charge in [-0.1, -0.05) is 0 Å². The number of carbonyl (C=O) groups is 1. The molecule has 26 heavy (non-hydrogen) atoms. The van der Waals surface area contributed by atoms with Gasteiger partial charge in [-0.05, 0) is 56.2 Å². The van der Waals surface area contributed by atoms with Crippen molar-refractivity contribution in [2.75, 3.05) is 13.2 Å². The molecule has 1 atom stereocenters. The van der Waals surface area contributed by atoms with Gasteiger partial charge in [0.15, 0.2) is 0 Å². The molecule has 0 spiro atoms. The van der Waals surface area contributed by atoms with E-state index >= 15 is 0 Å². The maximum absolute atomic E-state index is 12.3. The summed E-state index contributed by atoms with van der Waals surface area (Å²) in [6, 6.07) is 9.93. The van der Waals surface area contributed by atoms with Gasteiger partial charge in [0, 0.05) is 28.5 Å². The maximum atomic E-state index is 12.3. The summed E-state index contributed by atoms with van der Waals surface area (Å²) >= 11 is 1.63. The van der Waals surface area contributed by atoms with Gasteiger partial charge in [-0.15, -0.1) is 11.3 Å². The number of carbonyl (C=O) groups excluding carboxylic acids is 1. The van der Waals surface area contributed by atoms with Crippen molar-refractivity contribution in [2.24, 2.45) is 0 Å². The van der Waals surface area contributed by atoms with E-state index in [-0.39, 0.29) is 23.5 Å². The van der Waals surface area contributed by atoms with Gasteiger partial charge in [-0.2, -0.15) is 0 Å². The number of thiophene rings is 1. The predicted octanol–water partition coefficient (Wildman–Crippen LogP) is 2.44. The summed E-state index contributed by atoms with van der Waals surface area (Å²) in [6.45, 7) is 3.43. The van der Waals surface area contributed by atoms with E-state index in [9.17, 15) is 13.2 Å². The van der Waals surface area contributed by atoms with Crippen LogP contribution in [0, 0.1) is 6.92 Å². The summed E-state index contributed by atoms with van der Waals surface area (Å²) in [7, 11) is -3.60. The number of amides is 1. The van der Waals surface area contributed by atoms with Gasteiger partial charge in [-0.3, -0.25) is 4.79 Å². The third-order valence-corrected chi connectivity index (χ3v) is 6.61. The first-order valence-electron chi connectivity index (χ1n) is 8.49. The van der Waals surface area contributed by atoms with Crippen LogP contribution < -0.4 is 10.0 Å². The first kappa shape index (κ1) is 19.0. The monoisotopic (exact) mass is 394 g/mol. The third kappa shape index (κ3) is 4.91. The quantitative estimate of drug-likeness (QED) is 0.755. The molecule has 1 aromatic carbocycles. The Morgan fingerprint density at radius 3 is 2.62 bits per heavy atom. The molecule has 1 fully saturated rings. The Balaban J connectivity index is 1.57. The molecule has 0 aliphatic carbocycles. The van der Waals surface area contributed by atoms with E-state index in [2.05, 4.69) is 10.0 Å². The largest absolute Gasteiger partial charge is 0.377 e. The van der Waals surface area contributed by atoms with Crippen LogP contribution in [0.3, 0.4) is 0 Å². The highest BCUT2D eigenvalue weighted by Crippen LogP contribution is 2.16. The second kappa shape index (κ2) is 8.30. The number of sulfonamides is 1. The summed E-state index contributed by atoms with van der Waals surface area (Å²) in [4.78, 5) is 14.6. The van der Waals surface area contributed by atoms with Crippen molar-refractivity contribution in [2.45, 2.75) is 37.3 Å². The van der Waals surface area contributed by atoms with Crippen molar-refractivity contribution < 1.29 is 17.9 Å². The van der Waals surface area contributed by atoms with Gasteiger partial charge < -0.3 is 10.1 Å². The molecular formula is C18H22N2O4S2. The van der Waals surface area contributed by atoms with Gasteiger partial charge in [0.05, 0.1) is 17.5 Å². The van der Waals surface area contributed by atoms with Crippen molar-refractivity contribution in [1.29, 1.82) is 0 Å². The SMILES string of the molecule is Cc1ccc(CNC(=O)c2ccc(S(=O)(=O)NCC3CCCO3)cc2)s1. The summed E-state index contributed by atoms with van der Waals surface area (Å²) in [5, 5.41) is 2.84. The van der Waals surface area contributed by atoms with Crippen LogP contribution in [0.1, 0.15) is 33.0 Å². The lowest BCUT2D eigenvalue weighted by molar-refractivity contribution is 0.0951. The average Bonchev–Trinajstić information content (AvgIpc) is 3.30. The van der Waals surface area contributed by atoms with E-state index in [1.54, 1.807) is 11.3 Å². The molecule has 1 aliphatic heterocycles. The summed E-state index contributed by atoms with van der Waals surface area (Å²) < 4.78 is 32.6. The van der Waals surface area contributed by atoms with Gasteiger partial charge in [0.2, 0.25) is 10.0 Å². The Bertz CT molecular complexity index is 854. The number of nitrogens with one attached hydrogen (secondary N) is 2. The van der Waals surface area contributed by atoms with E-state index in [0.717, 1.165) is 17.7 Å².